The van der Waals surface area contributed by atoms with Crippen LogP contribution in [-0.2, 0) is 31.8 Å². The number of hydrogen-bond acceptors (Lipinski definition) is 6. The van der Waals surface area contributed by atoms with Crippen LogP contribution in [0.5, 0.6) is 11.5 Å². The van der Waals surface area contributed by atoms with Gasteiger partial charge in [0.15, 0.2) is 6.10 Å². The summed E-state index contributed by atoms with van der Waals surface area (Å²) in [6, 6.07) is 17.4. The minimum Gasteiger partial charge on any atom is -0.489 e. The predicted molar refractivity (Wildman–Crippen MR) is 129 cm³/mol. The molecule has 0 amide bonds. The van der Waals surface area contributed by atoms with Crippen molar-refractivity contribution in [2.75, 3.05) is 6.61 Å². The quantitative estimate of drug-likeness (QED) is 0.197. The van der Waals surface area contributed by atoms with Crippen molar-refractivity contribution in [3.8, 4) is 11.5 Å². The molecule has 3 aromatic rings. The summed E-state index contributed by atoms with van der Waals surface area (Å²) in [5.41, 5.74) is -2.85. The molecule has 40 heavy (non-hydrogen) atoms. The van der Waals surface area contributed by atoms with E-state index in [1.165, 1.54) is 31.2 Å². The molecular weight excluding hydrogens is 546 g/mol. The van der Waals surface area contributed by atoms with Gasteiger partial charge in [0, 0.05) is 5.56 Å². The first-order valence-corrected chi connectivity index (χ1v) is 11.8. The fourth-order valence-corrected chi connectivity index (χ4v) is 3.61. The summed E-state index contributed by atoms with van der Waals surface area (Å²) in [7, 11) is 0. The Hall–Kier alpha value is -4.22. The number of esters is 2. The summed E-state index contributed by atoms with van der Waals surface area (Å²) in [5.74, 6) is -4.02. The van der Waals surface area contributed by atoms with Crippen molar-refractivity contribution in [2.45, 2.75) is 44.5 Å². The molecule has 12 heteroatoms. The summed E-state index contributed by atoms with van der Waals surface area (Å²) in [5, 5.41) is 0. The van der Waals surface area contributed by atoms with Crippen molar-refractivity contribution in [3.05, 3.63) is 95.6 Å². The van der Waals surface area contributed by atoms with Crippen LogP contribution in [0.3, 0.4) is 0 Å². The first kappa shape index (κ1) is 30.3. The van der Waals surface area contributed by atoms with E-state index in [1.54, 1.807) is 30.3 Å². The average Bonchev–Trinajstić information content (AvgIpc) is 2.90. The molecule has 0 saturated heterocycles. The molecule has 3 aromatic carbocycles. The van der Waals surface area contributed by atoms with Gasteiger partial charge in [-0.2, -0.15) is 26.3 Å². The SMILES string of the molecule is CCOC(=O)C(C)(Oc1ccc(C(F)(F)F)cc1)C(OC(=O)C(F)(F)F)c1cccc(OCc2ccccc2)c1. The van der Waals surface area contributed by atoms with Gasteiger partial charge < -0.3 is 18.9 Å². The van der Waals surface area contributed by atoms with E-state index < -0.39 is 41.6 Å². The third kappa shape index (κ3) is 7.67. The van der Waals surface area contributed by atoms with E-state index in [9.17, 15) is 35.9 Å². The minimum atomic E-state index is -5.44. The second kappa shape index (κ2) is 12.3. The molecule has 0 heterocycles. The van der Waals surface area contributed by atoms with Crippen LogP contribution >= 0.6 is 0 Å². The molecule has 0 aliphatic heterocycles. The van der Waals surface area contributed by atoms with Gasteiger partial charge in [0.1, 0.15) is 18.1 Å². The molecule has 0 radical (unpaired) electrons. The van der Waals surface area contributed by atoms with Crippen LogP contribution in [0.2, 0.25) is 0 Å². The van der Waals surface area contributed by atoms with E-state index in [4.69, 9.17) is 18.9 Å². The van der Waals surface area contributed by atoms with Crippen LogP contribution in [0.1, 0.15) is 36.6 Å². The number of hydrogen-bond donors (Lipinski definition) is 0. The standard InChI is InChI=1S/C28H24F6O6/c1-3-37-24(35)26(2,40-21-14-12-20(13-15-21)27(29,30)31)23(39-25(36)28(32,33)34)19-10-7-11-22(16-19)38-17-18-8-5-4-6-9-18/h4-16,23H,3,17H2,1-2H3. The second-order valence-corrected chi connectivity index (χ2v) is 8.58. The molecule has 0 spiro atoms. The molecular formula is C28H24F6O6. The maximum atomic E-state index is 13.3. The Bertz CT molecular complexity index is 1290. The van der Waals surface area contributed by atoms with Crippen molar-refractivity contribution in [3.63, 3.8) is 0 Å². The van der Waals surface area contributed by atoms with Crippen LogP contribution < -0.4 is 9.47 Å². The lowest BCUT2D eigenvalue weighted by Gasteiger charge is -2.35. The maximum Gasteiger partial charge on any atom is 0.490 e. The number of alkyl halides is 6. The highest BCUT2D eigenvalue weighted by molar-refractivity contribution is 5.82. The van der Waals surface area contributed by atoms with Crippen molar-refractivity contribution in [2.24, 2.45) is 0 Å². The van der Waals surface area contributed by atoms with E-state index in [-0.39, 0.29) is 30.3 Å². The van der Waals surface area contributed by atoms with Crippen molar-refractivity contribution in [1.82, 2.24) is 0 Å². The molecule has 3 rings (SSSR count). The summed E-state index contributed by atoms with van der Waals surface area (Å²) < 4.78 is 100.0. The van der Waals surface area contributed by atoms with E-state index in [0.717, 1.165) is 24.6 Å². The third-order valence-electron chi connectivity index (χ3n) is 5.56. The van der Waals surface area contributed by atoms with Crippen LogP contribution in [0.4, 0.5) is 26.3 Å². The minimum absolute atomic E-state index is 0.0918. The number of halogens is 6. The Morgan fingerprint density at radius 1 is 0.800 bits per heavy atom. The van der Waals surface area contributed by atoms with E-state index in [0.29, 0.717) is 12.1 Å². The van der Waals surface area contributed by atoms with E-state index in [2.05, 4.69) is 0 Å². The number of carbonyl (C=O) groups excluding carboxylic acids is 2. The van der Waals surface area contributed by atoms with Crippen LogP contribution in [0.15, 0.2) is 78.9 Å². The zero-order chi connectivity index (χ0) is 29.6. The average molecular weight is 570 g/mol. The van der Waals surface area contributed by atoms with Crippen LogP contribution in [0.25, 0.3) is 0 Å². The normalized spacial score (nSPS) is 14.0. The zero-order valence-electron chi connectivity index (χ0n) is 21.2. The first-order chi connectivity index (χ1) is 18.7. The molecule has 0 aliphatic rings. The van der Waals surface area contributed by atoms with Gasteiger partial charge in [-0.1, -0.05) is 42.5 Å². The zero-order valence-corrected chi connectivity index (χ0v) is 21.2. The molecule has 2 atom stereocenters. The number of rotatable bonds is 10. The third-order valence-corrected chi connectivity index (χ3v) is 5.56. The summed E-state index contributed by atoms with van der Waals surface area (Å²) in [6.45, 7) is 2.29. The molecule has 0 aliphatic carbocycles. The topological polar surface area (TPSA) is 71.1 Å². The molecule has 214 valence electrons. The number of benzene rings is 3. The Kier molecular flexibility index (Phi) is 9.33. The number of ether oxygens (including phenoxy) is 4. The summed E-state index contributed by atoms with van der Waals surface area (Å²) in [6.07, 6.45) is -12.2. The van der Waals surface area contributed by atoms with Crippen molar-refractivity contribution >= 4 is 11.9 Å². The Morgan fingerprint density at radius 2 is 1.45 bits per heavy atom. The van der Waals surface area contributed by atoms with Gasteiger partial charge in [0.2, 0.25) is 5.60 Å². The van der Waals surface area contributed by atoms with Gasteiger partial charge in [0.05, 0.1) is 12.2 Å². The Morgan fingerprint density at radius 3 is 2.02 bits per heavy atom. The van der Waals surface area contributed by atoms with Gasteiger partial charge in [0.25, 0.3) is 0 Å². The fraction of sp³-hybridized carbons (Fsp3) is 0.286. The molecule has 0 bridgehead atoms. The smallest absolute Gasteiger partial charge is 0.489 e. The fourth-order valence-electron chi connectivity index (χ4n) is 3.61. The largest absolute Gasteiger partial charge is 0.490 e. The van der Waals surface area contributed by atoms with E-state index in [1.807, 2.05) is 0 Å². The van der Waals surface area contributed by atoms with Gasteiger partial charge in [-0.25, -0.2) is 9.59 Å². The summed E-state index contributed by atoms with van der Waals surface area (Å²) >= 11 is 0. The predicted octanol–water partition coefficient (Wildman–Crippen LogP) is 6.83. The molecule has 0 aromatic heterocycles. The Labute approximate surface area is 225 Å². The van der Waals surface area contributed by atoms with Gasteiger partial charge in [-0.15, -0.1) is 0 Å². The number of carbonyl (C=O) groups is 2. The highest BCUT2D eigenvalue weighted by Gasteiger charge is 2.52. The van der Waals surface area contributed by atoms with Gasteiger partial charge in [-0.3, -0.25) is 0 Å². The maximum absolute atomic E-state index is 13.3. The lowest BCUT2D eigenvalue weighted by Crippen LogP contribution is -2.50. The highest BCUT2D eigenvalue weighted by Crippen LogP contribution is 2.39. The van der Waals surface area contributed by atoms with Crippen LogP contribution in [0, 0.1) is 0 Å². The van der Waals surface area contributed by atoms with Crippen molar-refractivity contribution < 1.29 is 54.9 Å². The Balaban J connectivity index is 2.04. The summed E-state index contributed by atoms with van der Waals surface area (Å²) in [4.78, 5) is 25.1. The van der Waals surface area contributed by atoms with Crippen LogP contribution in [-0.4, -0.2) is 30.3 Å². The monoisotopic (exact) mass is 570 g/mol. The molecule has 0 fully saturated rings. The first-order valence-electron chi connectivity index (χ1n) is 11.8. The molecule has 6 nitrogen and oxygen atoms in total. The van der Waals surface area contributed by atoms with Gasteiger partial charge in [-0.05, 0) is 55.8 Å². The lowest BCUT2D eigenvalue weighted by molar-refractivity contribution is -0.216. The highest BCUT2D eigenvalue weighted by atomic mass is 19.4. The lowest BCUT2D eigenvalue weighted by atomic mass is 9.91. The second-order valence-electron chi connectivity index (χ2n) is 8.58. The van der Waals surface area contributed by atoms with Crippen molar-refractivity contribution in [1.29, 1.82) is 0 Å². The molecule has 2 unspecified atom stereocenters. The van der Waals surface area contributed by atoms with Gasteiger partial charge >= 0.3 is 24.3 Å². The van der Waals surface area contributed by atoms with E-state index >= 15 is 0 Å². The molecule has 0 saturated carbocycles. The molecule has 0 N–H and O–H groups in total.